The number of fused-ring (bicyclic) bond motifs is 1. The number of furan rings is 1. The van der Waals surface area contributed by atoms with Crippen LogP contribution in [0.1, 0.15) is 21.7 Å². The van der Waals surface area contributed by atoms with E-state index < -0.39 is 0 Å². The minimum atomic E-state index is -0.365. The van der Waals surface area contributed by atoms with E-state index in [9.17, 15) is 14.7 Å². The highest BCUT2D eigenvalue weighted by Gasteiger charge is 2.24. The summed E-state index contributed by atoms with van der Waals surface area (Å²) in [6.07, 6.45) is 3.16. The Morgan fingerprint density at radius 1 is 1.12 bits per heavy atom. The number of amides is 2. The van der Waals surface area contributed by atoms with E-state index in [1.807, 2.05) is 0 Å². The van der Waals surface area contributed by atoms with Crippen molar-refractivity contribution in [2.75, 3.05) is 10.6 Å². The highest BCUT2D eigenvalue weighted by molar-refractivity contribution is 6.35. The van der Waals surface area contributed by atoms with Gasteiger partial charge in [0.2, 0.25) is 0 Å². The molecule has 0 saturated carbocycles. The van der Waals surface area contributed by atoms with Gasteiger partial charge in [-0.3, -0.25) is 9.59 Å². The highest BCUT2D eigenvalue weighted by Crippen LogP contribution is 2.35. The van der Waals surface area contributed by atoms with Crippen LogP contribution in [0.4, 0.5) is 11.4 Å². The molecule has 1 aromatic heterocycles. The van der Waals surface area contributed by atoms with E-state index in [0.717, 1.165) is 5.56 Å². The van der Waals surface area contributed by atoms with Crippen LogP contribution in [-0.2, 0) is 4.79 Å². The van der Waals surface area contributed by atoms with Crippen molar-refractivity contribution in [3.8, 4) is 5.75 Å². The summed E-state index contributed by atoms with van der Waals surface area (Å²) in [7, 11) is 0. The number of phenolic OH excluding ortho intramolecular Hbond substituents is 1. The second kappa shape index (κ2) is 6.25. The molecule has 128 valence electrons. The standard InChI is InChI=1S/C20H14N2O4/c23-14-6-3-12(4-7-14)10-16-15-11-13(5-8-17(15)22-19(16)24)21-20(25)18-2-1-9-26-18/h1-11,23H,(H,21,25)(H,22,24). The molecule has 0 fully saturated rings. The lowest BCUT2D eigenvalue weighted by molar-refractivity contribution is -0.110. The van der Waals surface area contributed by atoms with Crippen LogP contribution in [-0.4, -0.2) is 16.9 Å². The van der Waals surface area contributed by atoms with Gasteiger partial charge in [-0.05, 0) is 54.1 Å². The number of carbonyl (C=O) groups excluding carboxylic acids is 2. The Bertz CT molecular complexity index is 1020. The van der Waals surface area contributed by atoms with Gasteiger partial charge < -0.3 is 20.2 Å². The summed E-state index contributed by atoms with van der Waals surface area (Å²) in [4.78, 5) is 24.4. The van der Waals surface area contributed by atoms with Crippen LogP contribution in [0, 0.1) is 0 Å². The van der Waals surface area contributed by atoms with Crippen molar-refractivity contribution in [2.24, 2.45) is 0 Å². The minimum absolute atomic E-state index is 0.159. The molecule has 0 radical (unpaired) electrons. The largest absolute Gasteiger partial charge is 0.508 e. The third-order valence-corrected chi connectivity index (χ3v) is 4.01. The second-order valence-corrected chi connectivity index (χ2v) is 5.80. The Morgan fingerprint density at radius 3 is 2.65 bits per heavy atom. The number of benzene rings is 2. The fourth-order valence-corrected chi connectivity index (χ4v) is 2.75. The van der Waals surface area contributed by atoms with Gasteiger partial charge in [0.15, 0.2) is 5.76 Å². The van der Waals surface area contributed by atoms with Crippen molar-refractivity contribution in [1.82, 2.24) is 0 Å². The Hall–Kier alpha value is -3.80. The van der Waals surface area contributed by atoms with Crippen LogP contribution in [0.3, 0.4) is 0 Å². The van der Waals surface area contributed by atoms with Gasteiger partial charge in [-0.15, -0.1) is 0 Å². The quantitative estimate of drug-likeness (QED) is 0.630. The summed E-state index contributed by atoms with van der Waals surface area (Å²) < 4.78 is 5.08. The maximum atomic E-state index is 12.3. The molecule has 0 saturated heterocycles. The summed E-state index contributed by atoms with van der Waals surface area (Å²) in [5.41, 5.74) is 3.19. The van der Waals surface area contributed by atoms with Crippen molar-refractivity contribution in [1.29, 1.82) is 0 Å². The SMILES string of the molecule is O=C1Nc2ccc(NC(=O)c3ccco3)cc2C1=Cc1ccc(O)cc1. The Labute approximate surface area is 148 Å². The van der Waals surface area contributed by atoms with Crippen LogP contribution < -0.4 is 10.6 Å². The van der Waals surface area contributed by atoms with Gasteiger partial charge in [-0.1, -0.05) is 12.1 Å². The van der Waals surface area contributed by atoms with Gasteiger partial charge in [0, 0.05) is 22.5 Å². The number of carbonyl (C=O) groups is 2. The summed E-state index contributed by atoms with van der Waals surface area (Å²) >= 11 is 0. The first-order valence-corrected chi connectivity index (χ1v) is 7.91. The van der Waals surface area contributed by atoms with Crippen LogP contribution in [0.5, 0.6) is 5.75 Å². The van der Waals surface area contributed by atoms with Crippen molar-refractivity contribution < 1.29 is 19.1 Å². The maximum absolute atomic E-state index is 12.3. The van der Waals surface area contributed by atoms with Crippen LogP contribution in [0.2, 0.25) is 0 Å². The predicted octanol–water partition coefficient (Wildman–Crippen LogP) is 3.73. The zero-order valence-electron chi connectivity index (χ0n) is 13.5. The van der Waals surface area contributed by atoms with Crippen molar-refractivity contribution in [3.05, 3.63) is 77.7 Å². The molecule has 2 amide bonds. The molecule has 2 heterocycles. The Balaban J connectivity index is 1.66. The lowest BCUT2D eigenvalue weighted by Gasteiger charge is -2.06. The summed E-state index contributed by atoms with van der Waals surface area (Å²) in [5, 5.41) is 14.9. The van der Waals surface area contributed by atoms with Gasteiger partial charge in [-0.25, -0.2) is 0 Å². The normalized spacial score (nSPS) is 14.2. The Morgan fingerprint density at radius 2 is 1.92 bits per heavy atom. The molecule has 1 aliphatic rings. The van der Waals surface area contributed by atoms with Crippen molar-refractivity contribution in [3.63, 3.8) is 0 Å². The first kappa shape index (κ1) is 15.7. The highest BCUT2D eigenvalue weighted by atomic mass is 16.3. The van der Waals surface area contributed by atoms with E-state index in [-0.39, 0.29) is 23.3 Å². The Kier molecular flexibility index (Phi) is 3.78. The molecule has 0 atom stereocenters. The van der Waals surface area contributed by atoms with E-state index >= 15 is 0 Å². The molecule has 0 unspecified atom stereocenters. The van der Waals surface area contributed by atoms with E-state index in [2.05, 4.69) is 10.6 Å². The fourth-order valence-electron chi connectivity index (χ4n) is 2.75. The third kappa shape index (κ3) is 2.95. The fraction of sp³-hybridized carbons (Fsp3) is 0. The number of hydrogen-bond acceptors (Lipinski definition) is 4. The number of hydrogen-bond donors (Lipinski definition) is 3. The van der Waals surface area contributed by atoms with Gasteiger partial charge in [0.05, 0.1) is 6.26 Å². The van der Waals surface area contributed by atoms with Crippen molar-refractivity contribution in [2.45, 2.75) is 0 Å². The monoisotopic (exact) mass is 346 g/mol. The number of rotatable bonds is 3. The minimum Gasteiger partial charge on any atom is -0.508 e. The summed E-state index contributed by atoms with van der Waals surface area (Å²) in [6, 6.07) is 14.9. The molecule has 6 nitrogen and oxygen atoms in total. The maximum Gasteiger partial charge on any atom is 0.291 e. The molecule has 0 spiro atoms. The van der Waals surface area contributed by atoms with E-state index in [0.29, 0.717) is 22.5 Å². The number of phenols is 1. The van der Waals surface area contributed by atoms with Gasteiger partial charge >= 0.3 is 0 Å². The second-order valence-electron chi connectivity index (χ2n) is 5.80. The van der Waals surface area contributed by atoms with Gasteiger partial charge in [0.25, 0.3) is 11.8 Å². The first-order chi connectivity index (χ1) is 12.6. The average molecular weight is 346 g/mol. The van der Waals surface area contributed by atoms with Crippen LogP contribution in [0.25, 0.3) is 11.6 Å². The molecule has 6 heteroatoms. The topological polar surface area (TPSA) is 91.6 Å². The van der Waals surface area contributed by atoms with E-state index in [1.54, 1.807) is 60.7 Å². The predicted molar refractivity (Wildman–Crippen MR) is 97.7 cm³/mol. The smallest absolute Gasteiger partial charge is 0.291 e. The number of aromatic hydroxyl groups is 1. The van der Waals surface area contributed by atoms with E-state index in [1.165, 1.54) is 6.26 Å². The van der Waals surface area contributed by atoms with E-state index in [4.69, 9.17) is 4.42 Å². The van der Waals surface area contributed by atoms with Crippen molar-refractivity contribution >= 4 is 34.8 Å². The molecule has 0 aliphatic carbocycles. The molecule has 3 aromatic rings. The number of nitrogens with one attached hydrogen (secondary N) is 2. The molecule has 2 aromatic carbocycles. The van der Waals surface area contributed by atoms with Crippen LogP contribution in [0.15, 0.2) is 65.3 Å². The van der Waals surface area contributed by atoms with Gasteiger partial charge in [-0.2, -0.15) is 0 Å². The lowest BCUT2D eigenvalue weighted by Crippen LogP contribution is -2.10. The molecule has 3 N–H and O–H groups in total. The van der Waals surface area contributed by atoms with Gasteiger partial charge in [0.1, 0.15) is 5.75 Å². The third-order valence-electron chi connectivity index (χ3n) is 4.01. The zero-order valence-corrected chi connectivity index (χ0v) is 13.5. The molecule has 1 aliphatic heterocycles. The van der Waals surface area contributed by atoms with Crippen LogP contribution >= 0.6 is 0 Å². The zero-order chi connectivity index (χ0) is 18.1. The number of anilines is 2. The molecule has 0 bridgehead atoms. The first-order valence-electron chi connectivity index (χ1n) is 7.91. The summed E-state index contributed by atoms with van der Waals surface area (Å²) in [5.74, 6) is -0.218. The molecular formula is C20H14N2O4. The average Bonchev–Trinajstić information content (AvgIpc) is 3.26. The summed E-state index contributed by atoms with van der Waals surface area (Å²) in [6.45, 7) is 0. The molecule has 26 heavy (non-hydrogen) atoms. The lowest BCUT2D eigenvalue weighted by atomic mass is 10.0. The molecular weight excluding hydrogens is 332 g/mol. The molecule has 4 rings (SSSR count).